The van der Waals surface area contributed by atoms with Gasteiger partial charge in [-0.25, -0.2) is 4.90 Å². The summed E-state index contributed by atoms with van der Waals surface area (Å²) in [6, 6.07) is 11.3. The Morgan fingerprint density at radius 1 is 0.963 bits per heavy atom. The molecule has 138 valence electrons. The molecular weight excluding hydrogens is 361 g/mol. The van der Waals surface area contributed by atoms with Crippen molar-refractivity contribution in [1.29, 1.82) is 0 Å². The predicted molar refractivity (Wildman–Crippen MR) is 88.4 cm³/mol. The molecule has 0 bridgehead atoms. The van der Waals surface area contributed by atoms with E-state index in [4.69, 9.17) is 0 Å². The van der Waals surface area contributed by atoms with Gasteiger partial charge in [0.1, 0.15) is 0 Å². The second-order valence-electron chi connectivity index (χ2n) is 6.24. The number of carbonyl (C=O) groups is 2. The molecule has 2 aliphatic heterocycles. The molecular formula is C18H13F3N4O2. The van der Waals surface area contributed by atoms with E-state index in [1.807, 2.05) is 0 Å². The Balaban J connectivity index is 1.58. The number of anilines is 1. The van der Waals surface area contributed by atoms with Gasteiger partial charge in [-0.05, 0) is 29.8 Å². The Hall–Kier alpha value is -3.23. The Morgan fingerprint density at radius 3 is 2.41 bits per heavy atom. The smallest absolute Gasteiger partial charge is 0.271 e. The first-order valence-electron chi connectivity index (χ1n) is 8.12. The van der Waals surface area contributed by atoms with Gasteiger partial charge < -0.3 is 0 Å². The number of imide groups is 1. The molecule has 0 saturated carbocycles. The maximum atomic E-state index is 12.9. The van der Waals surface area contributed by atoms with E-state index in [9.17, 15) is 22.8 Å². The van der Waals surface area contributed by atoms with Crippen LogP contribution in [0, 0.1) is 0 Å². The average molecular weight is 374 g/mol. The minimum absolute atomic E-state index is 0.0593. The summed E-state index contributed by atoms with van der Waals surface area (Å²) >= 11 is 0. The molecule has 0 aliphatic carbocycles. The quantitative estimate of drug-likeness (QED) is 0.775. The third-order valence-electron chi connectivity index (χ3n) is 4.47. The second-order valence-corrected chi connectivity index (χ2v) is 6.24. The average Bonchev–Trinajstić information content (AvgIpc) is 3.16. The molecule has 2 atom stereocenters. The molecule has 6 nitrogen and oxygen atoms in total. The Labute approximate surface area is 151 Å². The number of carbonyl (C=O) groups excluding carboxylic acids is 2. The topological polar surface area (TPSA) is 65.3 Å². The van der Waals surface area contributed by atoms with Crippen molar-refractivity contribution in [2.45, 2.75) is 24.8 Å². The maximum Gasteiger partial charge on any atom is 0.416 e. The number of nitrogens with zero attached hydrogens (tertiary/aromatic N) is 4. The van der Waals surface area contributed by atoms with Crippen LogP contribution >= 0.6 is 0 Å². The third kappa shape index (κ3) is 2.94. The van der Waals surface area contributed by atoms with E-state index in [0.29, 0.717) is 11.3 Å². The molecule has 1 fully saturated rings. The van der Waals surface area contributed by atoms with Crippen LogP contribution in [0.15, 0.2) is 64.9 Å². The number of alkyl halides is 3. The molecule has 4 rings (SSSR count). The normalized spacial score (nSPS) is 21.9. The molecule has 2 aliphatic rings. The highest BCUT2D eigenvalue weighted by atomic mass is 19.4. The molecule has 2 heterocycles. The zero-order chi connectivity index (χ0) is 19.2. The Bertz CT molecular complexity index is 930. The van der Waals surface area contributed by atoms with Crippen molar-refractivity contribution in [2.75, 3.05) is 4.90 Å². The van der Waals surface area contributed by atoms with Crippen LogP contribution < -0.4 is 4.90 Å². The van der Waals surface area contributed by atoms with Crippen molar-refractivity contribution in [2.24, 2.45) is 10.3 Å². The monoisotopic (exact) mass is 374 g/mol. The first-order valence-corrected chi connectivity index (χ1v) is 8.12. The number of para-hydroxylation sites is 1. The maximum absolute atomic E-state index is 12.9. The highest BCUT2D eigenvalue weighted by Gasteiger charge is 2.54. The van der Waals surface area contributed by atoms with E-state index in [0.717, 1.165) is 17.0 Å². The summed E-state index contributed by atoms with van der Waals surface area (Å²) in [5.74, 6) is -0.986. The van der Waals surface area contributed by atoms with E-state index in [1.165, 1.54) is 17.1 Å². The molecule has 2 amide bonds. The lowest BCUT2D eigenvalue weighted by Crippen LogP contribution is -2.39. The van der Waals surface area contributed by atoms with Crippen LogP contribution in [0.3, 0.4) is 0 Å². The molecule has 1 saturated heterocycles. The van der Waals surface area contributed by atoms with Gasteiger partial charge in [0.15, 0.2) is 12.1 Å². The SMILES string of the molecule is O=C1C2N=NN(Cc3cccc(C(F)(F)F)c3)C2C(=O)N1c1ccccc1. The Morgan fingerprint density at radius 2 is 1.70 bits per heavy atom. The van der Waals surface area contributed by atoms with Gasteiger partial charge in [0, 0.05) is 0 Å². The van der Waals surface area contributed by atoms with Crippen molar-refractivity contribution in [3.63, 3.8) is 0 Å². The van der Waals surface area contributed by atoms with Crippen LogP contribution in [0.2, 0.25) is 0 Å². The van der Waals surface area contributed by atoms with E-state index in [-0.39, 0.29) is 6.54 Å². The number of fused-ring (bicyclic) bond motifs is 1. The number of halogens is 3. The van der Waals surface area contributed by atoms with Crippen molar-refractivity contribution < 1.29 is 22.8 Å². The summed E-state index contributed by atoms with van der Waals surface area (Å²) in [6.45, 7) is -0.0593. The van der Waals surface area contributed by atoms with Crippen molar-refractivity contribution in [3.8, 4) is 0 Å². The van der Waals surface area contributed by atoms with Crippen LogP contribution in [0.5, 0.6) is 0 Å². The lowest BCUT2D eigenvalue weighted by Gasteiger charge is -2.21. The lowest BCUT2D eigenvalue weighted by atomic mass is 10.1. The number of hydrogen-bond donors (Lipinski definition) is 0. The minimum atomic E-state index is -4.46. The van der Waals surface area contributed by atoms with Crippen LogP contribution in [0.25, 0.3) is 0 Å². The Kier molecular flexibility index (Phi) is 3.94. The van der Waals surface area contributed by atoms with Gasteiger partial charge in [-0.1, -0.05) is 35.6 Å². The summed E-state index contributed by atoms with van der Waals surface area (Å²) in [5.41, 5.74) is -0.0358. The molecule has 0 radical (unpaired) electrons. The second kappa shape index (κ2) is 6.19. The highest BCUT2D eigenvalue weighted by molar-refractivity contribution is 6.25. The lowest BCUT2D eigenvalue weighted by molar-refractivity contribution is -0.137. The molecule has 2 aromatic rings. The molecule has 0 spiro atoms. The molecule has 9 heteroatoms. The van der Waals surface area contributed by atoms with Crippen LogP contribution in [-0.4, -0.2) is 28.9 Å². The summed E-state index contributed by atoms with van der Waals surface area (Å²) < 4.78 is 38.7. The van der Waals surface area contributed by atoms with E-state index >= 15 is 0 Å². The minimum Gasteiger partial charge on any atom is -0.271 e. The third-order valence-corrected chi connectivity index (χ3v) is 4.47. The summed E-state index contributed by atoms with van der Waals surface area (Å²) in [5, 5.41) is 8.98. The van der Waals surface area contributed by atoms with Crippen LogP contribution in [0.1, 0.15) is 11.1 Å². The van der Waals surface area contributed by atoms with E-state index < -0.39 is 35.6 Å². The van der Waals surface area contributed by atoms with Gasteiger partial charge in [0.2, 0.25) is 0 Å². The largest absolute Gasteiger partial charge is 0.416 e. The number of rotatable bonds is 3. The van der Waals surface area contributed by atoms with Crippen molar-refractivity contribution >= 4 is 17.5 Å². The fourth-order valence-electron chi connectivity index (χ4n) is 3.22. The molecule has 0 N–H and O–H groups in total. The van der Waals surface area contributed by atoms with Gasteiger partial charge in [-0.15, -0.1) is 0 Å². The van der Waals surface area contributed by atoms with Crippen molar-refractivity contribution in [3.05, 3.63) is 65.7 Å². The fraction of sp³-hybridized carbons (Fsp3) is 0.222. The van der Waals surface area contributed by atoms with Gasteiger partial charge in [-0.3, -0.25) is 14.6 Å². The molecule has 27 heavy (non-hydrogen) atoms. The standard InChI is InChI=1S/C18H13F3N4O2/c19-18(20,21)12-6-4-5-11(9-12)10-24-15-14(22-23-24)16(26)25(17(15)27)13-7-2-1-3-8-13/h1-9,14-15H,10H2. The van der Waals surface area contributed by atoms with E-state index in [1.54, 1.807) is 30.3 Å². The zero-order valence-corrected chi connectivity index (χ0v) is 13.8. The summed E-state index contributed by atoms with van der Waals surface area (Å²) in [4.78, 5) is 26.4. The molecule has 0 aromatic heterocycles. The fourth-order valence-corrected chi connectivity index (χ4v) is 3.22. The molecule has 2 unspecified atom stereocenters. The van der Waals surface area contributed by atoms with Crippen molar-refractivity contribution in [1.82, 2.24) is 5.01 Å². The zero-order valence-electron chi connectivity index (χ0n) is 13.8. The van der Waals surface area contributed by atoms with E-state index in [2.05, 4.69) is 10.3 Å². The first-order chi connectivity index (χ1) is 12.9. The first kappa shape index (κ1) is 17.2. The highest BCUT2D eigenvalue weighted by Crippen LogP contribution is 2.34. The van der Waals surface area contributed by atoms with Gasteiger partial charge in [0.05, 0.1) is 17.8 Å². The summed E-state index contributed by atoms with van der Waals surface area (Å²) in [6.07, 6.45) is -4.46. The van der Waals surface area contributed by atoms with Gasteiger partial charge in [-0.2, -0.15) is 18.3 Å². The summed E-state index contributed by atoms with van der Waals surface area (Å²) in [7, 11) is 0. The van der Waals surface area contributed by atoms with Gasteiger partial charge >= 0.3 is 6.18 Å². The molecule has 2 aromatic carbocycles. The number of hydrogen-bond acceptors (Lipinski definition) is 5. The number of amides is 2. The number of benzene rings is 2. The van der Waals surface area contributed by atoms with Crippen LogP contribution in [-0.2, 0) is 22.3 Å². The predicted octanol–water partition coefficient (Wildman–Crippen LogP) is 3.20. The van der Waals surface area contributed by atoms with Crippen LogP contribution in [0.4, 0.5) is 18.9 Å². The van der Waals surface area contributed by atoms with Gasteiger partial charge in [0.25, 0.3) is 11.8 Å².